The quantitative estimate of drug-likeness (QED) is 0.0994. The van der Waals surface area contributed by atoms with Crippen molar-refractivity contribution in [3.8, 4) is 11.8 Å². The van der Waals surface area contributed by atoms with Gasteiger partial charge in [0.1, 0.15) is 23.2 Å². The molecule has 11 nitrogen and oxygen atoms in total. The van der Waals surface area contributed by atoms with E-state index < -0.39 is 18.3 Å². The molecule has 0 saturated heterocycles. The van der Waals surface area contributed by atoms with E-state index in [0.29, 0.717) is 59.5 Å². The van der Waals surface area contributed by atoms with Crippen LogP contribution in [0.3, 0.4) is 0 Å². The predicted octanol–water partition coefficient (Wildman–Crippen LogP) is 5.69. The number of aryl methyl sites for hydroxylation is 1. The molecule has 12 heteroatoms. The first-order valence-electron chi connectivity index (χ1n) is 14.5. The summed E-state index contributed by atoms with van der Waals surface area (Å²) in [5, 5.41) is 55.0. The highest BCUT2D eigenvalue weighted by Crippen LogP contribution is 2.39. The number of hydrogen-bond acceptors (Lipinski definition) is 12. The van der Waals surface area contributed by atoms with Crippen molar-refractivity contribution in [2.45, 2.75) is 57.8 Å². The number of aromatic nitrogens is 1. The molecular weight excluding hydrogens is 578 g/mol. The van der Waals surface area contributed by atoms with Gasteiger partial charge in [0.2, 0.25) is 0 Å². The van der Waals surface area contributed by atoms with Crippen LogP contribution >= 0.6 is 11.8 Å². The maximum atomic E-state index is 10.0. The predicted molar refractivity (Wildman–Crippen MR) is 176 cm³/mol. The molecule has 5 N–H and O–H groups in total. The number of thioether (sulfide) groups is 1. The zero-order chi connectivity index (χ0) is 32.2. The smallest absolute Gasteiger partial charge is 0.156 e. The first-order valence-corrected chi connectivity index (χ1v) is 15.5. The van der Waals surface area contributed by atoms with Gasteiger partial charge in [-0.1, -0.05) is 18.2 Å². The molecule has 1 aromatic heterocycles. The van der Waals surface area contributed by atoms with E-state index in [-0.39, 0.29) is 6.54 Å². The first-order chi connectivity index (χ1) is 21.0. The molecule has 0 saturated carbocycles. The number of hydrogen-bond donors (Lipinski definition) is 5. The fourth-order valence-electron chi connectivity index (χ4n) is 4.51. The lowest BCUT2D eigenvalue weighted by Gasteiger charge is -2.25. The van der Waals surface area contributed by atoms with Crippen LogP contribution in [0.25, 0.3) is 0 Å². The molecule has 3 unspecified atom stereocenters. The fraction of sp³-hybridized carbons (Fsp3) is 0.438. The third kappa shape index (κ3) is 10.2. The molecule has 0 aliphatic heterocycles. The minimum atomic E-state index is -0.637. The number of rotatable bonds is 16. The van der Waals surface area contributed by atoms with E-state index in [1.807, 2.05) is 54.3 Å². The van der Waals surface area contributed by atoms with Crippen molar-refractivity contribution in [3.05, 3.63) is 59.2 Å². The second-order valence-corrected chi connectivity index (χ2v) is 11.9. The van der Waals surface area contributed by atoms with Crippen LogP contribution in [0.2, 0.25) is 0 Å². The van der Waals surface area contributed by atoms with Crippen LogP contribution in [0, 0.1) is 25.2 Å². The van der Waals surface area contributed by atoms with Crippen LogP contribution in [0.1, 0.15) is 37.5 Å². The number of anilines is 3. The van der Waals surface area contributed by atoms with Crippen molar-refractivity contribution in [3.63, 3.8) is 0 Å². The van der Waals surface area contributed by atoms with Crippen molar-refractivity contribution in [2.75, 3.05) is 49.7 Å². The fourth-order valence-corrected chi connectivity index (χ4v) is 5.56. The van der Waals surface area contributed by atoms with Gasteiger partial charge >= 0.3 is 0 Å². The van der Waals surface area contributed by atoms with Crippen LogP contribution in [-0.2, 0) is 0 Å². The average Bonchev–Trinajstić information content (AvgIpc) is 2.96. The molecule has 3 atom stereocenters. The number of benzene rings is 2. The summed E-state index contributed by atoms with van der Waals surface area (Å²) in [6.07, 6.45) is -1.60. The van der Waals surface area contributed by atoms with Gasteiger partial charge in [-0.15, -0.1) is 22.0 Å². The van der Waals surface area contributed by atoms with Crippen LogP contribution < -0.4 is 15.4 Å². The standard InChI is InChI=1S/C32H43N7O4S/c1-20-14-27(28(43-6)15-29(20)44-13-12-39(18-22(3)41)19-23(4)42)37-38-30-24(5)26(16-33)31(35-25-10-8-7-9-11-25)36-32(30)34-17-21(2)40/h7-11,14-15,21-23,40-42H,12-13,17-19H2,1-6H3,(H2,34,35,36). The number of azo groups is 1. The maximum Gasteiger partial charge on any atom is 0.156 e. The van der Waals surface area contributed by atoms with Gasteiger partial charge in [-0.2, -0.15) is 5.26 Å². The summed E-state index contributed by atoms with van der Waals surface area (Å²) in [5.41, 5.74) is 3.59. The Bertz CT molecular complexity index is 1430. The monoisotopic (exact) mass is 621 g/mol. The number of aliphatic hydroxyl groups is 3. The Kier molecular flexibility index (Phi) is 13.4. The largest absolute Gasteiger partial charge is 0.494 e. The lowest BCUT2D eigenvalue weighted by Crippen LogP contribution is -2.37. The Labute approximate surface area is 264 Å². The van der Waals surface area contributed by atoms with Crippen molar-refractivity contribution in [2.24, 2.45) is 10.2 Å². The number of pyridine rings is 1. The summed E-state index contributed by atoms with van der Waals surface area (Å²) in [6, 6.07) is 15.5. The third-order valence-corrected chi connectivity index (χ3v) is 7.71. The van der Waals surface area contributed by atoms with E-state index in [2.05, 4.69) is 31.9 Å². The summed E-state index contributed by atoms with van der Waals surface area (Å²) >= 11 is 1.66. The molecule has 0 amide bonds. The van der Waals surface area contributed by atoms with Gasteiger partial charge in [-0.25, -0.2) is 4.98 Å². The van der Waals surface area contributed by atoms with Gasteiger partial charge in [0, 0.05) is 48.1 Å². The van der Waals surface area contributed by atoms with Crippen molar-refractivity contribution >= 4 is 40.5 Å². The number of aliphatic hydroxyl groups excluding tert-OH is 3. The molecule has 0 fully saturated rings. The van der Waals surface area contributed by atoms with Crippen molar-refractivity contribution < 1.29 is 20.1 Å². The molecule has 3 rings (SSSR count). The SMILES string of the molecule is COc1cc(SCCN(CC(C)O)CC(C)O)c(C)cc1N=Nc1c(NCC(C)O)nc(Nc2ccccc2)c(C#N)c1C. The number of nitrogens with zero attached hydrogens (tertiary/aromatic N) is 5. The Morgan fingerprint density at radius 3 is 2.27 bits per heavy atom. The molecule has 0 aliphatic carbocycles. The van der Waals surface area contributed by atoms with Gasteiger partial charge in [0.05, 0.1) is 31.0 Å². The minimum absolute atomic E-state index is 0.228. The second kappa shape index (κ2) is 16.9. The highest BCUT2D eigenvalue weighted by Gasteiger charge is 2.19. The number of methoxy groups -OCH3 is 1. The number of para-hydroxylation sites is 1. The molecule has 0 radical (unpaired) electrons. The maximum absolute atomic E-state index is 10.0. The molecule has 3 aromatic rings. The highest BCUT2D eigenvalue weighted by atomic mass is 32.2. The minimum Gasteiger partial charge on any atom is -0.494 e. The number of ether oxygens (including phenoxy) is 1. The number of nitrogens with one attached hydrogen (secondary N) is 2. The van der Waals surface area contributed by atoms with E-state index >= 15 is 0 Å². The summed E-state index contributed by atoms with van der Waals surface area (Å²) in [6.45, 7) is 10.8. The zero-order valence-corrected chi connectivity index (χ0v) is 27.0. The molecule has 0 spiro atoms. The molecular formula is C32H43N7O4S. The molecule has 1 heterocycles. The average molecular weight is 622 g/mol. The molecule has 2 aromatic carbocycles. The van der Waals surface area contributed by atoms with E-state index in [9.17, 15) is 20.6 Å². The second-order valence-electron chi connectivity index (χ2n) is 10.8. The van der Waals surface area contributed by atoms with Crippen LogP contribution in [0.15, 0.2) is 57.6 Å². The van der Waals surface area contributed by atoms with Crippen LogP contribution in [-0.4, -0.2) is 82.6 Å². The van der Waals surface area contributed by atoms with Gasteiger partial charge in [-0.3, -0.25) is 4.90 Å². The summed E-state index contributed by atoms with van der Waals surface area (Å²) in [7, 11) is 1.57. The lowest BCUT2D eigenvalue weighted by molar-refractivity contribution is 0.0876. The third-order valence-electron chi connectivity index (χ3n) is 6.57. The van der Waals surface area contributed by atoms with Crippen LogP contribution in [0.5, 0.6) is 5.75 Å². The summed E-state index contributed by atoms with van der Waals surface area (Å²) < 4.78 is 5.66. The molecule has 44 heavy (non-hydrogen) atoms. The molecule has 0 aliphatic rings. The Hall–Kier alpha value is -3.73. The van der Waals surface area contributed by atoms with E-state index in [0.717, 1.165) is 21.9 Å². The van der Waals surface area contributed by atoms with Gasteiger partial charge in [-0.05, 0) is 64.4 Å². The van der Waals surface area contributed by atoms with Crippen LogP contribution in [0.4, 0.5) is 28.7 Å². The van der Waals surface area contributed by atoms with Gasteiger partial charge < -0.3 is 30.7 Å². The molecule has 0 bridgehead atoms. The van der Waals surface area contributed by atoms with E-state index in [1.165, 1.54) is 0 Å². The summed E-state index contributed by atoms with van der Waals surface area (Å²) in [5.74, 6) is 2.05. The first kappa shape index (κ1) is 34.8. The normalized spacial score (nSPS) is 13.5. The Morgan fingerprint density at radius 1 is 1.00 bits per heavy atom. The van der Waals surface area contributed by atoms with Crippen molar-refractivity contribution in [1.82, 2.24) is 9.88 Å². The summed E-state index contributed by atoms with van der Waals surface area (Å²) in [4.78, 5) is 7.73. The van der Waals surface area contributed by atoms with Crippen molar-refractivity contribution in [1.29, 1.82) is 5.26 Å². The zero-order valence-electron chi connectivity index (χ0n) is 26.2. The Morgan fingerprint density at radius 2 is 1.68 bits per heavy atom. The van der Waals surface area contributed by atoms with E-state index in [4.69, 9.17) is 4.74 Å². The molecule has 236 valence electrons. The topological polar surface area (TPSA) is 159 Å². The number of nitriles is 1. The Balaban J connectivity index is 1.90. The lowest BCUT2D eigenvalue weighted by atomic mass is 10.1. The van der Waals surface area contributed by atoms with Gasteiger partial charge in [0.25, 0.3) is 0 Å². The van der Waals surface area contributed by atoms with Gasteiger partial charge in [0.15, 0.2) is 11.6 Å². The van der Waals surface area contributed by atoms with E-state index in [1.54, 1.807) is 46.6 Å². The highest BCUT2D eigenvalue weighted by molar-refractivity contribution is 7.99.